The molecule has 1 aliphatic rings. The van der Waals surface area contributed by atoms with E-state index in [1.165, 1.54) is 44.2 Å². The molecule has 2 nitrogen and oxygen atoms in total. The van der Waals surface area contributed by atoms with Crippen molar-refractivity contribution in [3.8, 4) is 0 Å². The van der Waals surface area contributed by atoms with E-state index in [1.807, 2.05) is 0 Å². The fourth-order valence-electron chi connectivity index (χ4n) is 3.00. The van der Waals surface area contributed by atoms with Crippen LogP contribution in [0.2, 0.25) is 0 Å². The molecule has 2 rings (SSSR count). The Balaban J connectivity index is 2.10. The van der Waals surface area contributed by atoms with E-state index < -0.39 is 0 Å². The molecule has 2 N–H and O–H groups in total. The van der Waals surface area contributed by atoms with Crippen LogP contribution in [0.5, 0.6) is 0 Å². The standard InChI is InChI=1S/C14H24N2S/c1-2-5-13-6-3-4-8-16(13)14(10-15)12-7-9-17-11-12/h7,9,11,13-14H,2-6,8,10,15H2,1H3. The second kappa shape index (κ2) is 6.53. The van der Waals surface area contributed by atoms with Crippen LogP contribution >= 0.6 is 11.3 Å². The van der Waals surface area contributed by atoms with E-state index in [1.54, 1.807) is 11.3 Å². The van der Waals surface area contributed by atoms with Crippen molar-refractivity contribution in [3.05, 3.63) is 22.4 Å². The van der Waals surface area contributed by atoms with Gasteiger partial charge < -0.3 is 5.73 Å². The number of hydrogen-bond acceptors (Lipinski definition) is 3. The fourth-order valence-corrected chi connectivity index (χ4v) is 3.71. The van der Waals surface area contributed by atoms with Gasteiger partial charge in [-0.2, -0.15) is 11.3 Å². The van der Waals surface area contributed by atoms with Crippen LogP contribution in [0.15, 0.2) is 16.8 Å². The number of likely N-dealkylation sites (tertiary alicyclic amines) is 1. The maximum absolute atomic E-state index is 6.02. The largest absolute Gasteiger partial charge is 0.329 e. The highest BCUT2D eigenvalue weighted by Crippen LogP contribution is 2.30. The molecule has 2 atom stereocenters. The summed E-state index contributed by atoms with van der Waals surface area (Å²) in [4.78, 5) is 2.66. The lowest BCUT2D eigenvalue weighted by atomic mass is 9.94. The number of thiophene rings is 1. The molecule has 1 aromatic rings. The van der Waals surface area contributed by atoms with E-state index >= 15 is 0 Å². The molecule has 1 aliphatic heterocycles. The van der Waals surface area contributed by atoms with Crippen molar-refractivity contribution in [3.63, 3.8) is 0 Å². The van der Waals surface area contributed by atoms with Crippen molar-refractivity contribution >= 4 is 11.3 Å². The Bertz CT molecular complexity index is 308. The molecule has 17 heavy (non-hydrogen) atoms. The summed E-state index contributed by atoms with van der Waals surface area (Å²) < 4.78 is 0. The third-order valence-electron chi connectivity index (χ3n) is 3.85. The van der Waals surface area contributed by atoms with Crippen LogP contribution in [-0.4, -0.2) is 24.0 Å². The van der Waals surface area contributed by atoms with Gasteiger partial charge >= 0.3 is 0 Å². The molecule has 0 aliphatic carbocycles. The molecular formula is C14H24N2S. The molecule has 1 fully saturated rings. The van der Waals surface area contributed by atoms with Crippen LogP contribution in [0.3, 0.4) is 0 Å². The van der Waals surface area contributed by atoms with Crippen molar-refractivity contribution in [2.24, 2.45) is 5.73 Å². The molecule has 0 amide bonds. The van der Waals surface area contributed by atoms with Crippen LogP contribution in [0.4, 0.5) is 0 Å². The van der Waals surface area contributed by atoms with Crippen molar-refractivity contribution in [1.82, 2.24) is 4.90 Å². The van der Waals surface area contributed by atoms with E-state index in [0.29, 0.717) is 6.04 Å². The van der Waals surface area contributed by atoms with Gasteiger partial charge in [-0.3, -0.25) is 4.90 Å². The summed E-state index contributed by atoms with van der Waals surface area (Å²) in [5.41, 5.74) is 7.43. The Morgan fingerprint density at radius 2 is 2.41 bits per heavy atom. The third-order valence-corrected chi connectivity index (χ3v) is 4.55. The molecule has 1 aromatic heterocycles. The fraction of sp³-hybridized carbons (Fsp3) is 0.714. The van der Waals surface area contributed by atoms with Crippen LogP contribution in [0.1, 0.15) is 50.6 Å². The topological polar surface area (TPSA) is 29.3 Å². The zero-order valence-electron chi connectivity index (χ0n) is 10.8. The first kappa shape index (κ1) is 13.1. The average molecular weight is 252 g/mol. The van der Waals surface area contributed by atoms with Crippen molar-refractivity contribution < 1.29 is 0 Å². The molecule has 2 heterocycles. The van der Waals surface area contributed by atoms with E-state index in [0.717, 1.165) is 12.6 Å². The molecular weight excluding hydrogens is 228 g/mol. The maximum Gasteiger partial charge on any atom is 0.0481 e. The summed E-state index contributed by atoms with van der Waals surface area (Å²) in [6, 6.07) is 3.43. The lowest BCUT2D eigenvalue weighted by Gasteiger charge is -2.41. The van der Waals surface area contributed by atoms with Gasteiger partial charge in [0.05, 0.1) is 0 Å². The monoisotopic (exact) mass is 252 g/mol. The van der Waals surface area contributed by atoms with Gasteiger partial charge in [-0.05, 0) is 48.2 Å². The van der Waals surface area contributed by atoms with Gasteiger partial charge in [0.15, 0.2) is 0 Å². The first-order valence-electron chi connectivity index (χ1n) is 6.84. The van der Waals surface area contributed by atoms with E-state index in [4.69, 9.17) is 5.73 Å². The smallest absolute Gasteiger partial charge is 0.0481 e. The van der Waals surface area contributed by atoms with Gasteiger partial charge in [-0.25, -0.2) is 0 Å². The Labute approximate surface area is 109 Å². The minimum Gasteiger partial charge on any atom is -0.329 e. The van der Waals surface area contributed by atoms with Crippen molar-refractivity contribution in [2.75, 3.05) is 13.1 Å². The zero-order valence-corrected chi connectivity index (χ0v) is 11.6. The molecule has 0 aromatic carbocycles. The molecule has 96 valence electrons. The van der Waals surface area contributed by atoms with E-state index in [9.17, 15) is 0 Å². The molecule has 3 heteroatoms. The molecule has 0 saturated carbocycles. The van der Waals surface area contributed by atoms with Crippen LogP contribution in [0.25, 0.3) is 0 Å². The maximum atomic E-state index is 6.02. The highest BCUT2D eigenvalue weighted by Gasteiger charge is 2.28. The Morgan fingerprint density at radius 3 is 3.06 bits per heavy atom. The first-order valence-corrected chi connectivity index (χ1v) is 7.79. The highest BCUT2D eigenvalue weighted by atomic mass is 32.1. The Hall–Kier alpha value is -0.380. The Morgan fingerprint density at radius 1 is 1.53 bits per heavy atom. The number of nitrogens with two attached hydrogens (primary N) is 1. The second-order valence-corrected chi connectivity index (χ2v) is 5.76. The zero-order chi connectivity index (χ0) is 12.1. The molecule has 1 saturated heterocycles. The summed E-state index contributed by atoms with van der Waals surface area (Å²) in [6.07, 6.45) is 6.68. The number of piperidine rings is 1. The summed E-state index contributed by atoms with van der Waals surface area (Å²) in [7, 11) is 0. The van der Waals surface area contributed by atoms with Gasteiger partial charge in [0.25, 0.3) is 0 Å². The summed E-state index contributed by atoms with van der Waals surface area (Å²) in [5.74, 6) is 0. The Kier molecular flexibility index (Phi) is 5.01. The minimum absolute atomic E-state index is 0.443. The van der Waals surface area contributed by atoms with Crippen LogP contribution in [0, 0.1) is 0 Å². The summed E-state index contributed by atoms with van der Waals surface area (Å²) >= 11 is 1.78. The summed E-state index contributed by atoms with van der Waals surface area (Å²) in [6.45, 7) is 4.26. The van der Waals surface area contributed by atoms with Gasteiger partial charge in [-0.1, -0.05) is 19.8 Å². The third kappa shape index (κ3) is 3.09. The van der Waals surface area contributed by atoms with Gasteiger partial charge in [0, 0.05) is 18.6 Å². The number of rotatable bonds is 5. The van der Waals surface area contributed by atoms with Crippen LogP contribution in [-0.2, 0) is 0 Å². The first-order chi connectivity index (χ1) is 8.36. The molecule has 0 bridgehead atoms. The van der Waals surface area contributed by atoms with Crippen LogP contribution < -0.4 is 5.73 Å². The highest BCUT2D eigenvalue weighted by molar-refractivity contribution is 7.07. The number of nitrogens with zero attached hydrogens (tertiary/aromatic N) is 1. The van der Waals surface area contributed by atoms with Gasteiger partial charge in [-0.15, -0.1) is 0 Å². The second-order valence-electron chi connectivity index (χ2n) is 4.98. The minimum atomic E-state index is 0.443. The SMILES string of the molecule is CCCC1CCCCN1C(CN)c1ccsc1. The van der Waals surface area contributed by atoms with Gasteiger partial charge in [0.1, 0.15) is 0 Å². The normalized spacial score (nSPS) is 23.8. The lowest BCUT2D eigenvalue weighted by molar-refractivity contribution is 0.0915. The van der Waals surface area contributed by atoms with Crippen molar-refractivity contribution in [2.45, 2.75) is 51.1 Å². The molecule has 2 unspecified atom stereocenters. The molecule has 0 radical (unpaired) electrons. The predicted octanol–water partition coefficient (Wildman–Crippen LogP) is 3.40. The predicted molar refractivity (Wildman–Crippen MR) is 75.4 cm³/mol. The summed E-state index contributed by atoms with van der Waals surface area (Å²) in [5, 5.41) is 4.42. The lowest BCUT2D eigenvalue weighted by Crippen LogP contribution is -2.44. The van der Waals surface area contributed by atoms with E-state index in [2.05, 4.69) is 28.7 Å². The van der Waals surface area contributed by atoms with Gasteiger partial charge in [0.2, 0.25) is 0 Å². The quantitative estimate of drug-likeness (QED) is 0.870. The number of hydrogen-bond donors (Lipinski definition) is 1. The molecule has 0 spiro atoms. The average Bonchev–Trinajstić information content (AvgIpc) is 2.86. The van der Waals surface area contributed by atoms with Crippen molar-refractivity contribution in [1.29, 1.82) is 0 Å². The van der Waals surface area contributed by atoms with E-state index in [-0.39, 0.29) is 0 Å².